The van der Waals surface area contributed by atoms with E-state index in [0.717, 1.165) is 0 Å². The SMILES string of the molecule is CC1(Cc2cc3c(-c4ccccc4)cccc3[cH-]2)CCCCCCCC1.CC1(Cc2cc3c(-c4ccccc4)cccc3[cH-]2)CCCCCCCC1.C[Si](C)=[Zr+2].[Cl-].[Cl-]. The first-order chi connectivity index (χ1) is 27.2. The van der Waals surface area contributed by atoms with Crippen LogP contribution in [0.1, 0.15) is 128 Å². The van der Waals surface area contributed by atoms with Gasteiger partial charge in [0.2, 0.25) is 0 Å². The fourth-order valence-electron chi connectivity index (χ4n) is 9.75. The molecule has 4 heteroatoms. The molecule has 2 saturated carbocycles. The van der Waals surface area contributed by atoms with Crippen LogP contribution in [0.5, 0.6) is 0 Å². The molecule has 2 fully saturated rings. The van der Waals surface area contributed by atoms with Crippen LogP contribution in [0.4, 0.5) is 0 Å². The maximum atomic E-state index is 2.54. The van der Waals surface area contributed by atoms with Gasteiger partial charge in [-0.15, -0.1) is 69.1 Å². The summed E-state index contributed by atoms with van der Waals surface area (Å²) in [5.74, 6) is 0. The summed E-state index contributed by atoms with van der Waals surface area (Å²) >= 11 is 1.74. The summed E-state index contributed by atoms with van der Waals surface area (Å²) in [6.07, 6.45) is 25.1. The summed E-state index contributed by atoms with van der Waals surface area (Å²) in [7, 11) is 0. The molecule has 308 valence electrons. The molecule has 0 N–H and O–H groups in total. The minimum Gasteiger partial charge on any atom is -1.00 e. The van der Waals surface area contributed by atoms with Crippen molar-refractivity contribution in [2.75, 3.05) is 0 Å². The Bertz CT molecular complexity index is 1920. The van der Waals surface area contributed by atoms with Crippen LogP contribution in [-0.4, -0.2) is 5.43 Å². The van der Waals surface area contributed by atoms with E-state index in [0.29, 0.717) is 10.8 Å². The van der Waals surface area contributed by atoms with E-state index < -0.39 is 0 Å². The number of fused-ring (bicyclic) bond motifs is 2. The summed E-state index contributed by atoms with van der Waals surface area (Å²) in [5.41, 5.74) is 9.61. The van der Waals surface area contributed by atoms with E-state index in [-0.39, 0.29) is 30.2 Å². The third-order valence-corrected chi connectivity index (χ3v) is 12.7. The Morgan fingerprint density at radius 1 is 0.466 bits per heavy atom. The molecular formula is C54H68Cl2SiZr-2. The van der Waals surface area contributed by atoms with Crippen LogP contribution in [0, 0.1) is 10.8 Å². The van der Waals surface area contributed by atoms with E-state index in [9.17, 15) is 0 Å². The molecule has 6 aromatic carbocycles. The van der Waals surface area contributed by atoms with Gasteiger partial charge in [-0.25, -0.2) is 0 Å². The maximum absolute atomic E-state index is 2.54. The summed E-state index contributed by atoms with van der Waals surface area (Å²) < 4.78 is 0. The monoisotopic (exact) mass is 904 g/mol. The molecule has 6 aromatic rings. The van der Waals surface area contributed by atoms with Crippen LogP contribution >= 0.6 is 0 Å². The van der Waals surface area contributed by atoms with Crippen molar-refractivity contribution in [3.8, 4) is 22.3 Å². The molecule has 0 nitrogen and oxygen atoms in total. The van der Waals surface area contributed by atoms with Crippen LogP contribution < -0.4 is 24.8 Å². The summed E-state index contributed by atoms with van der Waals surface area (Å²) in [4.78, 5) is 0. The summed E-state index contributed by atoms with van der Waals surface area (Å²) in [5, 5.41) is 5.63. The minimum atomic E-state index is 0. The number of halogens is 2. The van der Waals surface area contributed by atoms with E-state index in [4.69, 9.17) is 0 Å². The first-order valence-electron chi connectivity index (χ1n) is 22.2. The number of benzene rings is 4. The van der Waals surface area contributed by atoms with Crippen molar-refractivity contribution >= 4 is 27.0 Å². The maximum Gasteiger partial charge on any atom is -1.00 e. The smallest absolute Gasteiger partial charge is 1.00 e. The normalized spacial score (nSPS) is 16.8. The zero-order chi connectivity index (χ0) is 39.2. The Kier molecular flexibility index (Phi) is 20.3. The van der Waals surface area contributed by atoms with E-state index >= 15 is 0 Å². The van der Waals surface area contributed by atoms with Crippen molar-refractivity contribution < 1.29 is 48.1 Å². The molecular weight excluding hydrogens is 839 g/mol. The van der Waals surface area contributed by atoms with Crippen molar-refractivity contribution in [2.24, 2.45) is 10.8 Å². The van der Waals surface area contributed by atoms with Gasteiger partial charge in [0, 0.05) is 0 Å². The summed E-state index contributed by atoms with van der Waals surface area (Å²) in [6.45, 7) is 9.69. The molecule has 0 aromatic heterocycles. The van der Waals surface area contributed by atoms with Crippen molar-refractivity contribution in [2.45, 2.75) is 143 Å². The predicted molar refractivity (Wildman–Crippen MR) is 245 cm³/mol. The van der Waals surface area contributed by atoms with Crippen molar-refractivity contribution in [1.82, 2.24) is 0 Å². The average molecular weight is 907 g/mol. The van der Waals surface area contributed by atoms with E-state index in [1.807, 2.05) is 0 Å². The third kappa shape index (κ3) is 14.5. The van der Waals surface area contributed by atoms with Crippen LogP contribution in [0.25, 0.3) is 43.8 Å². The second-order valence-corrected chi connectivity index (χ2v) is 27.7. The molecule has 0 spiro atoms. The molecule has 58 heavy (non-hydrogen) atoms. The standard InChI is InChI=1S/2C26H31.C2H6Si.2ClH.Zr/c2*1-26(16-9-4-2-3-5-10-17-26)20-21-18-23-14-11-15-24(25(23)19-21)22-12-7-6-8-13-22;1-3-2;;;/h2*6-8,11-15,18-19H,2-5,9-10,16-17,20H2,1H3;1-2H3;2*1H;/q2*-1;;;;+2/p-2. The van der Waals surface area contributed by atoms with Gasteiger partial charge in [-0.3, -0.25) is 0 Å². The van der Waals surface area contributed by atoms with Crippen molar-refractivity contribution in [3.05, 3.63) is 132 Å². The molecule has 0 unspecified atom stereocenters. The van der Waals surface area contributed by atoms with E-state index in [1.54, 1.807) is 23.3 Å². The number of hydrogen-bond donors (Lipinski definition) is 0. The van der Waals surface area contributed by atoms with E-state index in [2.05, 4.69) is 148 Å². The zero-order valence-electron chi connectivity index (χ0n) is 36.0. The van der Waals surface area contributed by atoms with Crippen LogP contribution in [0.3, 0.4) is 0 Å². The molecule has 2 aliphatic rings. The molecule has 0 saturated heterocycles. The molecule has 0 radical (unpaired) electrons. The second kappa shape index (κ2) is 24.3. The largest absolute Gasteiger partial charge is 1.00 e. The van der Waals surface area contributed by atoms with Crippen molar-refractivity contribution in [3.63, 3.8) is 0 Å². The Morgan fingerprint density at radius 3 is 1.10 bits per heavy atom. The van der Waals surface area contributed by atoms with Gasteiger partial charge in [-0.1, -0.05) is 175 Å². The van der Waals surface area contributed by atoms with Crippen molar-refractivity contribution in [1.29, 1.82) is 0 Å². The molecule has 0 bridgehead atoms. The van der Waals surface area contributed by atoms with E-state index in [1.165, 1.54) is 171 Å². The molecule has 0 amide bonds. The van der Waals surface area contributed by atoms with Gasteiger partial charge < -0.3 is 24.8 Å². The molecule has 0 atom stereocenters. The van der Waals surface area contributed by atoms with Crippen LogP contribution in [0.2, 0.25) is 13.1 Å². The Morgan fingerprint density at radius 2 is 0.776 bits per heavy atom. The fourth-order valence-corrected chi connectivity index (χ4v) is 9.75. The molecule has 8 rings (SSSR count). The first-order valence-corrected chi connectivity index (χ1v) is 28.4. The topological polar surface area (TPSA) is 0 Å². The van der Waals surface area contributed by atoms with Gasteiger partial charge in [0.05, 0.1) is 0 Å². The zero-order valence-corrected chi connectivity index (χ0v) is 41.0. The molecule has 2 aliphatic carbocycles. The average Bonchev–Trinajstić information content (AvgIpc) is 3.84. The van der Waals surface area contributed by atoms with Crippen LogP contribution in [0.15, 0.2) is 121 Å². The third-order valence-electron chi connectivity index (χ3n) is 12.7. The predicted octanol–water partition coefficient (Wildman–Crippen LogP) is 10.6. The first kappa shape index (κ1) is 48.4. The van der Waals surface area contributed by atoms with Gasteiger partial charge in [-0.2, -0.15) is 12.1 Å². The van der Waals surface area contributed by atoms with Gasteiger partial charge in [0.25, 0.3) is 0 Å². The Labute approximate surface area is 380 Å². The van der Waals surface area contributed by atoms with Crippen LogP contribution in [-0.2, 0) is 36.2 Å². The Balaban J connectivity index is 0.000000228. The fraction of sp³-hybridized carbons (Fsp3) is 0.444. The molecule has 0 aliphatic heterocycles. The number of hydrogen-bond acceptors (Lipinski definition) is 0. The second-order valence-electron chi connectivity index (χ2n) is 18.3. The number of rotatable bonds is 6. The van der Waals surface area contributed by atoms with Gasteiger partial charge in [-0.05, 0) is 60.5 Å². The van der Waals surface area contributed by atoms with Gasteiger partial charge >= 0.3 is 41.9 Å². The van der Waals surface area contributed by atoms with Gasteiger partial charge in [0.15, 0.2) is 0 Å². The molecule has 0 heterocycles. The van der Waals surface area contributed by atoms with Gasteiger partial charge in [0.1, 0.15) is 0 Å². The summed E-state index contributed by atoms with van der Waals surface area (Å²) in [6, 6.07) is 44.9. The minimum absolute atomic E-state index is 0. The Hall–Kier alpha value is -2.22. The quantitative estimate of drug-likeness (QED) is 0.115.